The Morgan fingerprint density at radius 3 is 2.77 bits per heavy atom. The quantitative estimate of drug-likeness (QED) is 0.403. The van der Waals surface area contributed by atoms with E-state index in [9.17, 15) is 13.6 Å². The van der Waals surface area contributed by atoms with Crippen LogP contribution in [0.2, 0.25) is 0 Å². The van der Waals surface area contributed by atoms with E-state index in [1.54, 1.807) is 0 Å². The van der Waals surface area contributed by atoms with Crippen molar-refractivity contribution in [1.82, 2.24) is 5.06 Å². The van der Waals surface area contributed by atoms with E-state index in [0.717, 1.165) is 5.06 Å². The minimum atomic E-state index is -2.63. The summed E-state index contributed by atoms with van der Waals surface area (Å²) in [5.41, 5.74) is 5.16. The molecule has 13 heavy (non-hydrogen) atoms. The third-order valence-corrected chi connectivity index (χ3v) is 1.64. The highest BCUT2D eigenvalue weighted by Crippen LogP contribution is 1.94. The van der Waals surface area contributed by atoms with Crippen LogP contribution in [0, 0.1) is 0 Å². The number of hydrogen-bond donors (Lipinski definition) is 2. The molecule has 0 radical (unpaired) electrons. The first-order valence-electron chi connectivity index (χ1n) is 3.40. The van der Waals surface area contributed by atoms with Crippen molar-refractivity contribution in [2.45, 2.75) is 12.5 Å². The van der Waals surface area contributed by atoms with Gasteiger partial charge in [-0.1, -0.05) is 0 Å². The van der Waals surface area contributed by atoms with Crippen LogP contribution in [0.1, 0.15) is 6.42 Å². The lowest BCUT2D eigenvalue weighted by Gasteiger charge is -2.17. The van der Waals surface area contributed by atoms with Crippen molar-refractivity contribution >= 4 is 17.3 Å². The first-order chi connectivity index (χ1) is 5.93. The third-order valence-electron chi connectivity index (χ3n) is 1.26. The highest BCUT2D eigenvalue weighted by atomic mass is 32.2. The molecular weight excluding hydrogens is 200 g/mol. The standard InChI is InChI=1S/C5H12N2O5S/c1-7(12-13(10)11)3-2-4(6)5(8)9/h4H,2-3,6H2,1H3,(H,8,9)(H,10,11)/p-1/t4-/m0/s1. The summed E-state index contributed by atoms with van der Waals surface area (Å²) in [5.74, 6) is -1.13. The van der Waals surface area contributed by atoms with Crippen LogP contribution in [0.5, 0.6) is 0 Å². The number of rotatable bonds is 6. The Kier molecular flexibility index (Phi) is 5.75. The van der Waals surface area contributed by atoms with E-state index in [2.05, 4.69) is 4.28 Å². The fourth-order valence-electron chi connectivity index (χ4n) is 0.586. The van der Waals surface area contributed by atoms with Gasteiger partial charge >= 0.3 is 5.97 Å². The molecule has 1 unspecified atom stereocenters. The number of hydroxylamine groups is 2. The van der Waals surface area contributed by atoms with Gasteiger partial charge in [-0.2, -0.15) is 5.06 Å². The van der Waals surface area contributed by atoms with E-state index in [1.165, 1.54) is 7.05 Å². The lowest BCUT2D eigenvalue weighted by atomic mass is 10.2. The molecular formula is C5H11N2O5S-. The largest absolute Gasteiger partial charge is 0.748 e. The van der Waals surface area contributed by atoms with Crippen molar-refractivity contribution in [3.8, 4) is 0 Å². The Labute approximate surface area is 77.9 Å². The van der Waals surface area contributed by atoms with Gasteiger partial charge in [-0.25, -0.2) is 8.49 Å². The summed E-state index contributed by atoms with van der Waals surface area (Å²) in [5, 5.41) is 9.36. The second-order valence-corrected chi connectivity index (χ2v) is 2.92. The van der Waals surface area contributed by atoms with Crippen LogP contribution >= 0.6 is 0 Å². The highest BCUT2D eigenvalue weighted by Gasteiger charge is 2.12. The van der Waals surface area contributed by atoms with Gasteiger partial charge in [0.05, 0.1) is 0 Å². The molecule has 7 nitrogen and oxygen atoms in total. The summed E-state index contributed by atoms with van der Waals surface area (Å²) in [6.07, 6.45) is 0.114. The SMILES string of the molecule is CN(CC[C@H](N)C(=O)O)OS(=O)[O-]. The van der Waals surface area contributed by atoms with Crippen LogP contribution in [-0.2, 0) is 20.4 Å². The Morgan fingerprint density at radius 1 is 1.85 bits per heavy atom. The van der Waals surface area contributed by atoms with Crippen molar-refractivity contribution in [2.24, 2.45) is 5.73 Å². The number of carboxylic acid groups (broad SMARTS) is 1. The van der Waals surface area contributed by atoms with Crippen molar-refractivity contribution in [1.29, 1.82) is 0 Å². The summed E-state index contributed by atoms with van der Waals surface area (Å²) < 4.78 is 24.1. The lowest BCUT2D eigenvalue weighted by Crippen LogP contribution is -2.34. The number of nitrogens with two attached hydrogens (primary N) is 1. The molecule has 78 valence electrons. The molecule has 3 N–H and O–H groups in total. The molecule has 0 bridgehead atoms. The van der Waals surface area contributed by atoms with Gasteiger partial charge in [0.1, 0.15) is 17.4 Å². The lowest BCUT2D eigenvalue weighted by molar-refractivity contribution is -0.139. The van der Waals surface area contributed by atoms with E-state index in [-0.39, 0.29) is 13.0 Å². The average molecular weight is 211 g/mol. The number of nitrogens with zero attached hydrogens (tertiary/aromatic N) is 1. The molecule has 0 aromatic rings. The molecule has 0 aromatic heterocycles. The second kappa shape index (κ2) is 6.00. The molecule has 0 aliphatic carbocycles. The van der Waals surface area contributed by atoms with Crippen molar-refractivity contribution in [3.63, 3.8) is 0 Å². The van der Waals surface area contributed by atoms with Crippen LogP contribution in [-0.4, -0.2) is 44.5 Å². The van der Waals surface area contributed by atoms with Gasteiger partial charge in [-0.3, -0.25) is 4.79 Å². The zero-order valence-corrected chi connectivity index (χ0v) is 7.82. The van der Waals surface area contributed by atoms with Crippen molar-refractivity contribution < 1.29 is 22.9 Å². The fraction of sp³-hybridized carbons (Fsp3) is 0.800. The highest BCUT2D eigenvalue weighted by molar-refractivity contribution is 7.74. The molecule has 0 saturated carbocycles. The van der Waals surface area contributed by atoms with E-state index in [4.69, 9.17) is 10.8 Å². The van der Waals surface area contributed by atoms with E-state index in [1.807, 2.05) is 0 Å². The Hall–Kier alpha value is -0.540. The molecule has 0 fully saturated rings. The number of hydrogen-bond acceptors (Lipinski definition) is 6. The average Bonchev–Trinajstić information content (AvgIpc) is 1.98. The maximum absolute atomic E-state index is 10.2. The van der Waals surface area contributed by atoms with Gasteiger partial charge in [0.25, 0.3) is 0 Å². The normalized spacial score (nSPS) is 15.7. The Bertz CT molecular complexity index is 199. The van der Waals surface area contributed by atoms with E-state index < -0.39 is 23.4 Å². The summed E-state index contributed by atoms with van der Waals surface area (Å²) in [6, 6.07) is -1.01. The van der Waals surface area contributed by atoms with Gasteiger partial charge in [0.2, 0.25) is 0 Å². The van der Waals surface area contributed by atoms with Crippen LogP contribution in [0.3, 0.4) is 0 Å². The van der Waals surface area contributed by atoms with E-state index in [0.29, 0.717) is 0 Å². The minimum Gasteiger partial charge on any atom is -0.748 e. The van der Waals surface area contributed by atoms with E-state index >= 15 is 0 Å². The fourth-order valence-corrected chi connectivity index (χ4v) is 0.868. The maximum Gasteiger partial charge on any atom is 0.320 e. The molecule has 0 aliphatic rings. The van der Waals surface area contributed by atoms with Crippen molar-refractivity contribution in [3.05, 3.63) is 0 Å². The van der Waals surface area contributed by atoms with Gasteiger partial charge in [-0.05, 0) is 6.42 Å². The topological polar surface area (TPSA) is 116 Å². The predicted octanol–water partition coefficient (Wildman–Crippen LogP) is -1.55. The molecule has 0 rings (SSSR count). The van der Waals surface area contributed by atoms with Gasteiger partial charge in [0.15, 0.2) is 0 Å². The molecule has 0 saturated heterocycles. The molecule has 0 spiro atoms. The first-order valence-corrected chi connectivity index (χ1v) is 4.40. The zero-order valence-electron chi connectivity index (χ0n) is 7.00. The monoisotopic (exact) mass is 211 g/mol. The summed E-state index contributed by atoms with van der Waals surface area (Å²) >= 11 is -2.63. The third kappa shape index (κ3) is 6.61. The van der Waals surface area contributed by atoms with Gasteiger partial charge in [0, 0.05) is 13.6 Å². The summed E-state index contributed by atoms with van der Waals surface area (Å²) in [4.78, 5) is 10.2. The first kappa shape index (κ1) is 12.5. The van der Waals surface area contributed by atoms with Crippen LogP contribution in [0.4, 0.5) is 0 Å². The molecule has 2 atom stereocenters. The molecule has 0 aromatic carbocycles. The van der Waals surface area contributed by atoms with Gasteiger partial charge in [-0.15, -0.1) is 0 Å². The number of carboxylic acids is 1. The molecule has 0 amide bonds. The molecule has 0 aliphatic heterocycles. The van der Waals surface area contributed by atoms with Crippen LogP contribution < -0.4 is 5.73 Å². The Morgan fingerprint density at radius 2 is 2.38 bits per heavy atom. The smallest absolute Gasteiger partial charge is 0.320 e. The zero-order chi connectivity index (χ0) is 10.4. The Balaban J connectivity index is 3.63. The minimum absolute atomic E-state index is 0.114. The maximum atomic E-state index is 10.2. The molecule has 0 heterocycles. The van der Waals surface area contributed by atoms with Crippen LogP contribution in [0.25, 0.3) is 0 Å². The van der Waals surface area contributed by atoms with Crippen LogP contribution in [0.15, 0.2) is 0 Å². The number of carbonyl (C=O) groups is 1. The summed E-state index contributed by atoms with van der Waals surface area (Å²) in [6.45, 7) is 0.126. The predicted molar refractivity (Wildman–Crippen MR) is 42.9 cm³/mol. The number of aliphatic carboxylic acids is 1. The van der Waals surface area contributed by atoms with Gasteiger partial charge < -0.3 is 15.4 Å². The molecule has 8 heteroatoms. The summed E-state index contributed by atoms with van der Waals surface area (Å²) in [7, 11) is 1.37. The second-order valence-electron chi connectivity index (χ2n) is 2.36. The van der Waals surface area contributed by atoms with Crippen molar-refractivity contribution in [2.75, 3.05) is 13.6 Å².